The molecule has 2 nitrogen and oxygen atoms in total. The number of carbonyl (C=O) groups excluding carboxylic acids is 1. The maximum Gasteiger partial charge on any atom is 0.193 e. The van der Waals surface area contributed by atoms with Gasteiger partial charge in [0.05, 0.1) is 7.11 Å². The Kier molecular flexibility index (Phi) is 4.29. The molecule has 0 amide bonds. The molecule has 0 aliphatic carbocycles. The van der Waals surface area contributed by atoms with E-state index in [1.807, 2.05) is 51.1 Å². The van der Waals surface area contributed by atoms with E-state index in [0.29, 0.717) is 11.1 Å². The molecule has 0 heterocycles. The van der Waals surface area contributed by atoms with Crippen LogP contribution in [0.2, 0.25) is 0 Å². The zero-order valence-electron chi connectivity index (χ0n) is 12.1. The summed E-state index contributed by atoms with van der Waals surface area (Å²) in [5.41, 5.74) is 4.40. The lowest BCUT2D eigenvalue weighted by atomic mass is 9.98. The fraction of sp³-hybridized carbons (Fsp3) is 0.235. The molecule has 0 aromatic heterocycles. The van der Waals surface area contributed by atoms with Gasteiger partial charge in [0.1, 0.15) is 5.75 Å². The quantitative estimate of drug-likeness (QED) is 0.767. The van der Waals surface area contributed by atoms with E-state index in [0.717, 1.165) is 26.9 Å². The molecule has 0 atom stereocenters. The van der Waals surface area contributed by atoms with Crippen LogP contribution in [0.25, 0.3) is 0 Å². The highest BCUT2D eigenvalue weighted by Crippen LogP contribution is 2.26. The smallest absolute Gasteiger partial charge is 0.193 e. The first-order valence-electron chi connectivity index (χ1n) is 6.39. The minimum atomic E-state index is 0.0308. The van der Waals surface area contributed by atoms with E-state index < -0.39 is 0 Å². The van der Waals surface area contributed by atoms with Crippen LogP contribution in [-0.4, -0.2) is 12.9 Å². The predicted molar refractivity (Wildman–Crippen MR) is 84.8 cm³/mol. The van der Waals surface area contributed by atoms with Gasteiger partial charge >= 0.3 is 0 Å². The standard InChI is InChI=1S/C17H17BrO2/c1-10-5-13(9-15(18)6-10)16(19)14-7-11(2)17(20-4)12(3)8-14/h5-9H,1-4H3. The number of halogens is 1. The van der Waals surface area contributed by atoms with Gasteiger partial charge in [-0.25, -0.2) is 0 Å². The Labute approximate surface area is 127 Å². The van der Waals surface area contributed by atoms with Crippen LogP contribution < -0.4 is 4.74 Å². The molecule has 2 aromatic rings. The van der Waals surface area contributed by atoms with Crippen LogP contribution in [-0.2, 0) is 0 Å². The molecule has 0 N–H and O–H groups in total. The first kappa shape index (κ1) is 14.8. The van der Waals surface area contributed by atoms with Gasteiger partial charge in [0, 0.05) is 15.6 Å². The molecule has 2 rings (SSSR count). The zero-order chi connectivity index (χ0) is 14.9. The molecule has 0 bridgehead atoms. The third-order valence-electron chi connectivity index (χ3n) is 3.23. The monoisotopic (exact) mass is 332 g/mol. The van der Waals surface area contributed by atoms with Gasteiger partial charge in [0.25, 0.3) is 0 Å². The lowest BCUT2D eigenvalue weighted by molar-refractivity contribution is 0.103. The van der Waals surface area contributed by atoms with E-state index in [1.54, 1.807) is 7.11 Å². The molecular formula is C17H17BrO2. The number of rotatable bonds is 3. The molecule has 0 saturated heterocycles. The van der Waals surface area contributed by atoms with Gasteiger partial charge in [-0.2, -0.15) is 0 Å². The SMILES string of the molecule is COc1c(C)cc(C(=O)c2cc(C)cc(Br)c2)cc1C. The van der Waals surface area contributed by atoms with Crippen LogP contribution in [0, 0.1) is 20.8 Å². The lowest BCUT2D eigenvalue weighted by Crippen LogP contribution is -2.04. The van der Waals surface area contributed by atoms with Gasteiger partial charge in [-0.3, -0.25) is 4.79 Å². The average Bonchev–Trinajstić information content (AvgIpc) is 2.36. The molecule has 104 valence electrons. The van der Waals surface area contributed by atoms with Crippen molar-refractivity contribution < 1.29 is 9.53 Å². The minimum absolute atomic E-state index is 0.0308. The van der Waals surface area contributed by atoms with Gasteiger partial charge < -0.3 is 4.74 Å². The van der Waals surface area contributed by atoms with Crippen molar-refractivity contribution in [1.82, 2.24) is 0 Å². The van der Waals surface area contributed by atoms with Crippen molar-refractivity contribution in [3.8, 4) is 5.75 Å². The molecule has 0 radical (unpaired) electrons. The number of hydrogen-bond donors (Lipinski definition) is 0. The molecule has 0 fully saturated rings. The van der Waals surface area contributed by atoms with Crippen LogP contribution in [0.3, 0.4) is 0 Å². The largest absolute Gasteiger partial charge is 0.496 e. The predicted octanol–water partition coefficient (Wildman–Crippen LogP) is 4.61. The highest BCUT2D eigenvalue weighted by Gasteiger charge is 2.14. The van der Waals surface area contributed by atoms with E-state index in [4.69, 9.17) is 4.74 Å². The van der Waals surface area contributed by atoms with Crippen LogP contribution in [0.5, 0.6) is 5.75 Å². The number of hydrogen-bond acceptors (Lipinski definition) is 2. The lowest BCUT2D eigenvalue weighted by Gasteiger charge is -2.11. The summed E-state index contributed by atoms with van der Waals surface area (Å²) in [6.07, 6.45) is 0. The third kappa shape index (κ3) is 2.93. The van der Waals surface area contributed by atoms with Gasteiger partial charge in [-0.1, -0.05) is 15.9 Å². The molecule has 0 saturated carbocycles. The molecular weight excluding hydrogens is 316 g/mol. The highest BCUT2D eigenvalue weighted by molar-refractivity contribution is 9.10. The number of aryl methyl sites for hydroxylation is 3. The van der Waals surface area contributed by atoms with Gasteiger partial charge in [0.15, 0.2) is 5.78 Å². The van der Waals surface area contributed by atoms with Crippen LogP contribution in [0.15, 0.2) is 34.8 Å². The van der Waals surface area contributed by atoms with Crippen molar-refractivity contribution in [2.24, 2.45) is 0 Å². The maximum atomic E-state index is 12.6. The summed E-state index contributed by atoms with van der Waals surface area (Å²) < 4.78 is 6.25. The number of benzene rings is 2. The van der Waals surface area contributed by atoms with E-state index in [-0.39, 0.29) is 5.78 Å². The summed E-state index contributed by atoms with van der Waals surface area (Å²) in [4.78, 5) is 12.6. The van der Waals surface area contributed by atoms with E-state index in [2.05, 4.69) is 15.9 Å². The van der Waals surface area contributed by atoms with Gasteiger partial charge in [-0.15, -0.1) is 0 Å². The summed E-state index contributed by atoms with van der Waals surface area (Å²) in [7, 11) is 1.65. The Balaban J connectivity index is 2.48. The molecule has 0 aliphatic rings. The van der Waals surface area contributed by atoms with E-state index >= 15 is 0 Å². The van der Waals surface area contributed by atoms with Gasteiger partial charge in [0.2, 0.25) is 0 Å². The topological polar surface area (TPSA) is 26.3 Å². The van der Waals surface area contributed by atoms with E-state index in [9.17, 15) is 4.79 Å². The molecule has 0 spiro atoms. The highest BCUT2D eigenvalue weighted by atomic mass is 79.9. The normalized spacial score (nSPS) is 10.4. The van der Waals surface area contributed by atoms with Crippen molar-refractivity contribution in [3.63, 3.8) is 0 Å². The number of carbonyl (C=O) groups is 1. The Bertz CT molecular complexity index is 631. The van der Waals surface area contributed by atoms with Crippen LogP contribution in [0.4, 0.5) is 0 Å². The van der Waals surface area contributed by atoms with Crippen molar-refractivity contribution in [3.05, 3.63) is 62.6 Å². The second kappa shape index (κ2) is 5.80. The summed E-state index contributed by atoms with van der Waals surface area (Å²) in [6, 6.07) is 9.50. The Morgan fingerprint density at radius 1 is 0.950 bits per heavy atom. The second-order valence-electron chi connectivity index (χ2n) is 4.99. The van der Waals surface area contributed by atoms with Gasteiger partial charge in [-0.05, 0) is 67.8 Å². The Hall–Kier alpha value is -1.61. The third-order valence-corrected chi connectivity index (χ3v) is 3.69. The minimum Gasteiger partial charge on any atom is -0.496 e. The summed E-state index contributed by atoms with van der Waals surface area (Å²) in [6.45, 7) is 5.88. The molecule has 20 heavy (non-hydrogen) atoms. The van der Waals surface area contributed by atoms with Crippen molar-refractivity contribution in [1.29, 1.82) is 0 Å². The summed E-state index contributed by atoms with van der Waals surface area (Å²) >= 11 is 3.43. The first-order valence-corrected chi connectivity index (χ1v) is 7.19. The van der Waals surface area contributed by atoms with E-state index in [1.165, 1.54) is 0 Å². The van der Waals surface area contributed by atoms with Crippen LogP contribution in [0.1, 0.15) is 32.6 Å². The second-order valence-corrected chi connectivity index (χ2v) is 5.91. The molecule has 2 aromatic carbocycles. The Morgan fingerprint density at radius 3 is 2.00 bits per heavy atom. The fourth-order valence-electron chi connectivity index (χ4n) is 2.44. The van der Waals surface area contributed by atoms with Crippen molar-refractivity contribution >= 4 is 21.7 Å². The summed E-state index contributed by atoms with van der Waals surface area (Å²) in [5.74, 6) is 0.871. The summed E-state index contributed by atoms with van der Waals surface area (Å²) in [5, 5.41) is 0. The number of ether oxygens (including phenoxy) is 1. The fourth-order valence-corrected chi connectivity index (χ4v) is 3.05. The molecule has 3 heteroatoms. The molecule has 0 unspecified atom stereocenters. The number of ketones is 1. The van der Waals surface area contributed by atoms with Crippen molar-refractivity contribution in [2.45, 2.75) is 20.8 Å². The average molecular weight is 333 g/mol. The number of methoxy groups -OCH3 is 1. The van der Waals surface area contributed by atoms with Crippen molar-refractivity contribution in [2.75, 3.05) is 7.11 Å². The first-order chi connectivity index (χ1) is 9.42. The van der Waals surface area contributed by atoms with Crippen LogP contribution >= 0.6 is 15.9 Å². The Morgan fingerprint density at radius 2 is 1.50 bits per heavy atom. The molecule has 0 aliphatic heterocycles. The zero-order valence-corrected chi connectivity index (χ0v) is 13.7. The maximum absolute atomic E-state index is 12.6.